The molecule has 17 heavy (non-hydrogen) atoms. The summed E-state index contributed by atoms with van der Waals surface area (Å²) in [6, 6.07) is 6.32. The van der Waals surface area contributed by atoms with Crippen LogP contribution in [0.15, 0.2) is 24.4 Å². The molecular weight excluding hydrogens is 212 g/mol. The number of ether oxygens (including phenoxy) is 1. The van der Waals surface area contributed by atoms with Gasteiger partial charge in [0.2, 0.25) is 0 Å². The molecule has 92 valence electrons. The highest BCUT2D eigenvalue weighted by Gasteiger charge is 2.09. The van der Waals surface area contributed by atoms with Crippen LogP contribution in [0.2, 0.25) is 0 Å². The van der Waals surface area contributed by atoms with E-state index in [4.69, 9.17) is 10.5 Å². The van der Waals surface area contributed by atoms with Gasteiger partial charge in [-0.3, -0.25) is 0 Å². The molecule has 1 unspecified atom stereocenters. The second-order valence-corrected chi connectivity index (χ2v) is 4.48. The maximum Gasteiger partial charge on any atom is 0.119 e. The zero-order valence-corrected chi connectivity index (χ0v) is 10.5. The fourth-order valence-corrected chi connectivity index (χ4v) is 2.21. The van der Waals surface area contributed by atoms with Gasteiger partial charge in [-0.1, -0.05) is 13.3 Å². The van der Waals surface area contributed by atoms with Crippen LogP contribution in [0.1, 0.15) is 25.3 Å². The Kier molecular flexibility index (Phi) is 3.69. The minimum absolute atomic E-state index is 0.241. The number of aromatic nitrogens is 1. The Morgan fingerprint density at radius 3 is 2.94 bits per heavy atom. The SMILES string of the molecule is CCCC(N)Cc1c[nH]c2ccc(OC)cc12. The van der Waals surface area contributed by atoms with Gasteiger partial charge < -0.3 is 15.5 Å². The first kappa shape index (κ1) is 12.0. The van der Waals surface area contributed by atoms with E-state index in [1.165, 1.54) is 10.9 Å². The lowest BCUT2D eigenvalue weighted by molar-refractivity contribution is 0.415. The molecule has 1 heterocycles. The van der Waals surface area contributed by atoms with Crippen LogP contribution in [0.4, 0.5) is 0 Å². The smallest absolute Gasteiger partial charge is 0.119 e. The summed E-state index contributed by atoms with van der Waals surface area (Å²) in [6.07, 6.45) is 5.17. The molecule has 0 spiro atoms. The van der Waals surface area contributed by atoms with Crippen molar-refractivity contribution in [3.8, 4) is 5.75 Å². The van der Waals surface area contributed by atoms with Gasteiger partial charge in [-0.15, -0.1) is 0 Å². The average molecular weight is 232 g/mol. The van der Waals surface area contributed by atoms with E-state index in [1.807, 2.05) is 12.1 Å². The van der Waals surface area contributed by atoms with Crippen LogP contribution in [0.3, 0.4) is 0 Å². The third-order valence-electron chi connectivity index (χ3n) is 3.12. The Hall–Kier alpha value is -1.48. The number of aromatic amines is 1. The van der Waals surface area contributed by atoms with Crippen molar-refractivity contribution in [3.63, 3.8) is 0 Å². The normalized spacial score (nSPS) is 12.9. The molecule has 0 bridgehead atoms. The minimum atomic E-state index is 0.241. The lowest BCUT2D eigenvalue weighted by atomic mass is 10.0. The number of fused-ring (bicyclic) bond motifs is 1. The predicted octanol–water partition coefficient (Wildman–Crippen LogP) is 2.85. The fraction of sp³-hybridized carbons (Fsp3) is 0.429. The molecule has 1 atom stereocenters. The van der Waals surface area contributed by atoms with Crippen molar-refractivity contribution < 1.29 is 4.74 Å². The van der Waals surface area contributed by atoms with E-state index >= 15 is 0 Å². The molecule has 2 rings (SSSR count). The van der Waals surface area contributed by atoms with Crippen LogP contribution in [0.25, 0.3) is 10.9 Å². The van der Waals surface area contributed by atoms with Gasteiger partial charge in [0.1, 0.15) is 5.75 Å². The summed E-state index contributed by atoms with van der Waals surface area (Å²) in [6.45, 7) is 2.16. The number of benzene rings is 1. The highest BCUT2D eigenvalue weighted by molar-refractivity contribution is 5.84. The number of H-pyrrole nitrogens is 1. The third kappa shape index (κ3) is 2.61. The number of nitrogens with two attached hydrogens (primary N) is 1. The first-order chi connectivity index (χ1) is 8.24. The highest BCUT2D eigenvalue weighted by atomic mass is 16.5. The average Bonchev–Trinajstić information content (AvgIpc) is 2.72. The summed E-state index contributed by atoms with van der Waals surface area (Å²) in [5, 5.41) is 1.22. The molecule has 0 aliphatic carbocycles. The van der Waals surface area contributed by atoms with E-state index in [9.17, 15) is 0 Å². The van der Waals surface area contributed by atoms with Crippen molar-refractivity contribution >= 4 is 10.9 Å². The van der Waals surface area contributed by atoms with Gasteiger partial charge in [0.15, 0.2) is 0 Å². The Morgan fingerprint density at radius 1 is 1.41 bits per heavy atom. The van der Waals surface area contributed by atoms with Crippen LogP contribution in [0.5, 0.6) is 5.75 Å². The van der Waals surface area contributed by atoms with E-state index in [0.29, 0.717) is 0 Å². The number of hydrogen-bond acceptors (Lipinski definition) is 2. The van der Waals surface area contributed by atoms with E-state index < -0.39 is 0 Å². The second kappa shape index (κ2) is 5.23. The van der Waals surface area contributed by atoms with E-state index in [2.05, 4.69) is 24.2 Å². The van der Waals surface area contributed by atoms with Gasteiger partial charge in [-0.2, -0.15) is 0 Å². The molecule has 1 aromatic carbocycles. The summed E-state index contributed by atoms with van der Waals surface area (Å²) < 4.78 is 5.25. The topological polar surface area (TPSA) is 51.0 Å². The Labute approximate surface area is 102 Å². The van der Waals surface area contributed by atoms with Gasteiger partial charge in [-0.05, 0) is 36.6 Å². The zero-order chi connectivity index (χ0) is 12.3. The quantitative estimate of drug-likeness (QED) is 0.832. The maximum atomic E-state index is 6.09. The van der Waals surface area contributed by atoms with Gasteiger partial charge in [0.05, 0.1) is 7.11 Å². The summed E-state index contributed by atoms with van der Waals surface area (Å²) in [4.78, 5) is 3.28. The van der Waals surface area contributed by atoms with Crippen molar-refractivity contribution in [1.82, 2.24) is 4.98 Å². The van der Waals surface area contributed by atoms with E-state index in [1.54, 1.807) is 7.11 Å². The maximum absolute atomic E-state index is 6.09. The van der Waals surface area contributed by atoms with E-state index in [-0.39, 0.29) is 6.04 Å². The Bertz CT molecular complexity index is 490. The van der Waals surface area contributed by atoms with Crippen LogP contribution in [-0.4, -0.2) is 18.1 Å². The third-order valence-corrected chi connectivity index (χ3v) is 3.12. The van der Waals surface area contributed by atoms with Gasteiger partial charge >= 0.3 is 0 Å². The predicted molar refractivity (Wildman–Crippen MR) is 71.4 cm³/mol. The Morgan fingerprint density at radius 2 is 2.24 bits per heavy atom. The lowest BCUT2D eigenvalue weighted by Crippen LogP contribution is -2.22. The van der Waals surface area contributed by atoms with Crippen LogP contribution < -0.4 is 10.5 Å². The van der Waals surface area contributed by atoms with Gasteiger partial charge in [-0.25, -0.2) is 0 Å². The molecule has 3 nitrogen and oxygen atoms in total. The van der Waals surface area contributed by atoms with Crippen molar-refractivity contribution in [2.75, 3.05) is 7.11 Å². The second-order valence-electron chi connectivity index (χ2n) is 4.48. The molecular formula is C14H20N2O. The number of nitrogens with one attached hydrogen (secondary N) is 1. The molecule has 0 saturated carbocycles. The minimum Gasteiger partial charge on any atom is -0.497 e. The molecule has 0 amide bonds. The first-order valence-electron chi connectivity index (χ1n) is 6.14. The van der Waals surface area contributed by atoms with Crippen molar-refractivity contribution in [1.29, 1.82) is 0 Å². The molecule has 0 aliphatic rings. The van der Waals surface area contributed by atoms with Gasteiger partial charge in [0, 0.05) is 23.1 Å². The van der Waals surface area contributed by atoms with Crippen LogP contribution >= 0.6 is 0 Å². The summed E-state index contributed by atoms with van der Waals surface area (Å²) in [5.74, 6) is 0.891. The summed E-state index contributed by atoms with van der Waals surface area (Å²) in [5.41, 5.74) is 8.51. The van der Waals surface area contributed by atoms with Crippen molar-refractivity contribution in [2.24, 2.45) is 5.73 Å². The van der Waals surface area contributed by atoms with Crippen LogP contribution in [-0.2, 0) is 6.42 Å². The first-order valence-corrected chi connectivity index (χ1v) is 6.14. The monoisotopic (exact) mass is 232 g/mol. The largest absolute Gasteiger partial charge is 0.497 e. The number of hydrogen-bond donors (Lipinski definition) is 2. The highest BCUT2D eigenvalue weighted by Crippen LogP contribution is 2.24. The molecule has 1 aromatic heterocycles. The molecule has 0 saturated heterocycles. The molecule has 2 aromatic rings. The number of methoxy groups -OCH3 is 1. The van der Waals surface area contributed by atoms with Crippen molar-refractivity contribution in [3.05, 3.63) is 30.0 Å². The Balaban J connectivity index is 2.27. The molecule has 0 aliphatic heterocycles. The zero-order valence-electron chi connectivity index (χ0n) is 10.5. The number of rotatable bonds is 5. The standard InChI is InChI=1S/C14H20N2O/c1-3-4-11(15)7-10-9-16-14-6-5-12(17-2)8-13(10)14/h5-6,8-9,11,16H,3-4,7,15H2,1-2H3. The summed E-state index contributed by atoms with van der Waals surface area (Å²) >= 11 is 0. The molecule has 0 fully saturated rings. The summed E-state index contributed by atoms with van der Waals surface area (Å²) in [7, 11) is 1.69. The molecule has 3 heteroatoms. The van der Waals surface area contributed by atoms with Crippen molar-refractivity contribution in [2.45, 2.75) is 32.2 Å². The fourth-order valence-electron chi connectivity index (χ4n) is 2.21. The lowest BCUT2D eigenvalue weighted by Gasteiger charge is -2.09. The molecule has 3 N–H and O–H groups in total. The van der Waals surface area contributed by atoms with Gasteiger partial charge in [0.25, 0.3) is 0 Å². The van der Waals surface area contributed by atoms with Crippen LogP contribution in [0, 0.1) is 0 Å². The van der Waals surface area contributed by atoms with E-state index in [0.717, 1.165) is 30.5 Å². The molecule has 0 radical (unpaired) electrons.